The molecule has 0 saturated carbocycles. The fourth-order valence-corrected chi connectivity index (χ4v) is 6.08. The van der Waals surface area contributed by atoms with Gasteiger partial charge in [-0.3, -0.25) is 14.5 Å². The number of carbonyl (C=O) groups excluding carboxylic acids is 2. The van der Waals surface area contributed by atoms with Crippen LogP contribution in [0.2, 0.25) is 0 Å². The van der Waals surface area contributed by atoms with E-state index >= 15 is 0 Å². The van der Waals surface area contributed by atoms with Crippen LogP contribution in [-0.4, -0.2) is 48.7 Å². The zero-order valence-electron chi connectivity index (χ0n) is 26.2. The summed E-state index contributed by atoms with van der Waals surface area (Å²) in [5.74, 6) is 0.903. The Hall–Kier alpha value is -4.57. The van der Waals surface area contributed by atoms with Gasteiger partial charge in [0, 0.05) is 5.56 Å². The van der Waals surface area contributed by atoms with E-state index in [9.17, 15) is 14.7 Å². The lowest BCUT2D eigenvalue weighted by Gasteiger charge is -2.24. The van der Waals surface area contributed by atoms with E-state index in [0.29, 0.717) is 70.5 Å². The van der Waals surface area contributed by atoms with Gasteiger partial charge in [0.1, 0.15) is 17.3 Å². The number of rotatable bonds is 13. The van der Waals surface area contributed by atoms with Gasteiger partial charge >= 0.3 is 5.91 Å². The molecular formula is C35H38N2O7S. The maximum Gasteiger partial charge on any atom is 0.301 e. The number of ketones is 1. The number of carbonyl (C=O) groups is 2. The van der Waals surface area contributed by atoms with Crippen LogP contribution >= 0.6 is 11.3 Å². The van der Waals surface area contributed by atoms with Crippen molar-refractivity contribution in [2.45, 2.75) is 46.6 Å². The molecule has 5 rings (SSSR count). The number of aliphatic hydroxyl groups is 1. The van der Waals surface area contributed by atoms with E-state index in [2.05, 4.69) is 13.8 Å². The van der Waals surface area contributed by atoms with Gasteiger partial charge in [0.2, 0.25) is 0 Å². The summed E-state index contributed by atoms with van der Waals surface area (Å²) in [5, 5.41) is 11.9. The Morgan fingerprint density at radius 1 is 0.933 bits per heavy atom. The molecule has 0 aliphatic carbocycles. The molecule has 1 unspecified atom stereocenters. The van der Waals surface area contributed by atoms with Gasteiger partial charge in [-0.15, -0.1) is 0 Å². The van der Waals surface area contributed by atoms with E-state index in [1.165, 1.54) is 23.3 Å². The van der Waals surface area contributed by atoms with E-state index < -0.39 is 17.7 Å². The summed E-state index contributed by atoms with van der Waals surface area (Å²) < 4.78 is 23.8. The van der Waals surface area contributed by atoms with Gasteiger partial charge in [0.25, 0.3) is 5.78 Å². The number of thiazole rings is 1. The third-order valence-corrected chi connectivity index (χ3v) is 8.38. The molecule has 10 heteroatoms. The number of hydrogen-bond donors (Lipinski definition) is 1. The summed E-state index contributed by atoms with van der Waals surface area (Å²) in [4.78, 5) is 33.6. The molecule has 236 valence electrons. The fourth-order valence-electron chi connectivity index (χ4n) is 5.06. The van der Waals surface area contributed by atoms with Crippen LogP contribution in [0.1, 0.15) is 57.7 Å². The van der Waals surface area contributed by atoms with Crippen molar-refractivity contribution in [1.29, 1.82) is 0 Å². The average molecular weight is 631 g/mol. The van der Waals surface area contributed by atoms with E-state index in [0.717, 1.165) is 17.5 Å². The van der Waals surface area contributed by atoms with Gasteiger partial charge < -0.3 is 24.1 Å². The molecule has 1 atom stereocenters. The SMILES string of the molecule is CCCOc1ccc(/C(O)=C2\C(=O)C(=O)N(c3nc4ccc(OCC)cc4s3)C2c2ccc(OCCC(C)C)c(OC)c2)cc1. The summed E-state index contributed by atoms with van der Waals surface area (Å²) in [7, 11) is 1.54. The number of hydrogen-bond acceptors (Lipinski definition) is 9. The van der Waals surface area contributed by atoms with E-state index in [1.807, 2.05) is 32.0 Å². The standard InChI is InChI=1S/C35H38N2O7S/c1-6-17-43-24-11-8-22(9-12-24)32(38)30-31(23-10-15-27(28(19-23)41-5)44-18-16-21(3)4)37(34(40)33(30)39)35-36-26-14-13-25(42-7-2)20-29(26)45-35/h8-15,19-21,31,38H,6-7,16-18H2,1-5H3/b32-30+. The highest BCUT2D eigenvalue weighted by Gasteiger charge is 2.48. The molecule has 4 aromatic rings. The fraction of sp³-hybridized carbons (Fsp3) is 0.343. The minimum Gasteiger partial charge on any atom is -0.507 e. The number of ether oxygens (including phenoxy) is 4. The molecule has 1 amide bonds. The molecule has 1 aliphatic rings. The highest BCUT2D eigenvalue weighted by Crippen LogP contribution is 2.46. The summed E-state index contributed by atoms with van der Waals surface area (Å²) >= 11 is 1.27. The van der Waals surface area contributed by atoms with Crippen molar-refractivity contribution >= 4 is 44.1 Å². The molecule has 0 spiro atoms. The number of aliphatic hydroxyl groups excluding tert-OH is 1. The van der Waals surface area contributed by atoms with E-state index in [-0.39, 0.29) is 11.3 Å². The molecule has 1 saturated heterocycles. The van der Waals surface area contributed by atoms with Crippen LogP contribution in [0.25, 0.3) is 16.0 Å². The van der Waals surface area contributed by atoms with Crippen molar-refractivity contribution in [3.8, 4) is 23.0 Å². The number of anilines is 1. The Kier molecular flexibility index (Phi) is 9.93. The largest absolute Gasteiger partial charge is 0.507 e. The van der Waals surface area contributed by atoms with Crippen LogP contribution in [0.3, 0.4) is 0 Å². The number of fused-ring (bicyclic) bond motifs is 1. The topological polar surface area (TPSA) is 107 Å². The maximum absolute atomic E-state index is 13.8. The van der Waals surface area contributed by atoms with Gasteiger partial charge in [0.15, 0.2) is 16.6 Å². The lowest BCUT2D eigenvalue weighted by atomic mass is 9.95. The van der Waals surface area contributed by atoms with Crippen LogP contribution in [-0.2, 0) is 9.59 Å². The van der Waals surface area contributed by atoms with Gasteiger partial charge in [-0.1, -0.05) is 38.2 Å². The van der Waals surface area contributed by atoms with Gasteiger partial charge in [-0.2, -0.15) is 0 Å². The van der Waals surface area contributed by atoms with Crippen LogP contribution in [0.15, 0.2) is 66.2 Å². The molecule has 1 aliphatic heterocycles. The molecule has 0 radical (unpaired) electrons. The van der Waals surface area contributed by atoms with E-state index in [4.69, 9.17) is 23.9 Å². The van der Waals surface area contributed by atoms with Crippen molar-refractivity contribution in [1.82, 2.24) is 4.98 Å². The second-order valence-electron chi connectivity index (χ2n) is 11.0. The molecule has 45 heavy (non-hydrogen) atoms. The second-order valence-corrected chi connectivity index (χ2v) is 12.1. The number of aromatic nitrogens is 1. The monoisotopic (exact) mass is 630 g/mol. The summed E-state index contributed by atoms with van der Waals surface area (Å²) in [6.07, 6.45) is 1.73. The number of methoxy groups -OCH3 is 1. The van der Waals surface area contributed by atoms with Crippen LogP contribution < -0.4 is 23.8 Å². The third kappa shape index (κ3) is 6.76. The first kappa shape index (κ1) is 31.8. The van der Waals surface area contributed by atoms with Crippen LogP contribution in [0, 0.1) is 5.92 Å². The molecular weight excluding hydrogens is 592 g/mol. The number of benzene rings is 3. The predicted octanol–water partition coefficient (Wildman–Crippen LogP) is 7.54. The molecule has 1 aromatic heterocycles. The Morgan fingerprint density at radius 2 is 1.69 bits per heavy atom. The van der Waals surface area contributed by atoms with Crippen molar-refractivity contribution in [3.05, 3.63) is 77.4 Å². The smallest absolute Gasteiger partial charge is 0.301 e. The lowest BCUT2D eigenvalue weighted by molar-refractivity contribution is -0.132. The minimum absolute atomic E-state index is 0.0491. The maximum atomic E-state index is 13.8. The average Bonchev–Trinajstić information content (AvgIpc) is 3.57. The lowest BCUT2D eigenvalue weighted by Crippen LogP contribution is -2.29. The van der Waals surface area contributed by atoms with E-state index in [1.54, 1.807) is 42.5 Å². The summed E-state index contributed by atoms with van der Waals surface area (Å²) in [5.41, 5.74) is 1.55. The minimum atomic E-state index is -0.980. The second kappa shape index (κ2) is 14.0. The normalized spacial score (nSPS) is 16.0. The Morgan fingerprint density at radius 3 is 2.38 bits per heavy atom. The highest BCUT2D eigenvalue weighted by atomic mass is 32.1. The molecule has 2 heterocycles. The Balaban J connectivity index is 1.62. The summed E-state index contributed by atoms with van der Waals surface area (Å²) in [6.45, 7) is 9.75. The molecule has 3 aromatic carbocycles. The van der Waals surface area contributed by atoms with Crippen LogP contribution in [0.5, 0.6) is 23.0 Å². The first-order valence-electron chi connectivity index (χ1n) is 15.1. The third-order valence-electron chi connectivity index (χ3n) is 7.37. The zero-order chi connectivity index (χ0) is 32.1. The van der Waals surface area contributed by atoms with Gasteiger partial charge in [0.05, 0.1) is 48.8 Å². The van der Waals surface area contributed by atoms with Gasteiger partial charge in [-0.25, -0.2) is 4.98 Å². The highest BCUT2D eigenvalue weighted by molar-refractivity contribution is 7.22. The molecule has 0 bridgehead atoms. The summed E-state index contributed by atoms with van der Waals surface area (Å²) in [6, 6.07) is 16.6. The quantitative estimate of drug-likeness (QED) is 0.0917. The van der Waals surface area contributed by atoms with Crippen molar-refractivity contribution in [2.75, 3.05) is 31.8 Å². The molecule has 1 fully saturated rings. The van der Waals surface area contributed by atoms with Crippen molar-refractivity contribution < 1.29 is 33.6 Å². The Bertz CT molecular complexity index is 1710. The number of nitrogens with zero attached hydrogens (tertiary/aromatic N) is 2. The number of amides is 1. The first-order chi connectivity index (χ1) is 21.7. The van der Waals surface area contributed by atoms with Crippen molar-refractivity contribution in [3.63, 3.8) is 0 Å². The first-order valence-corrected chi connectivity index (χ1v) is 16.0. The number of Topliss-reactive ketones (excluding diaryl/α,β-unsaturated/α-hetero) is 1. The molecule has 1 N–H and O–H groups in total. The van der Waals surface area contributed by atoms with Crippen molar-refractivity contribution in [2.24, 2.45) is 5.92 Å². The van der Waals surface area contributed by atoms with Crippen LogP contribution in [0.4, 0.5) is 5.13 Å². The van der Waals surface area contributed by atoms with Gasteiger partial charge in [-0.05, 0) is 85.8 Å². The zero-order valence-corrected chi connectivity index (χ0v) is 27.0. The Labute approximate surface area is 267 Å². The molecule has 9 nitrogen and oxygen atoms in total. The predicted molar refractivity (Wildman–Crippen MR) is 176 cm³/mol.